The molecular formula is C19H20F2N4O2. The second kappa shape index (κ2) is 8.59. The third-order valence-electron chi connectivity index (χ3n) is 3.73. The zero-order valence-electron chi connectivity index (χ0n) is 15.1. The zero-order valence-corrected chi connectivity index (χ0v) is 15.1. The molecule has 0 unspecified atom stereocenters. The predicted octanol–water partition coefficient (Wildman–Crippen LogP) is 4.01. The molecule has 2 aromatic carbocycles. The van der Waals surface area contributed by atoms with Crippen LogP contribution in [0.2, 0.25) is 0 Å². The molecule has 8 heteroatoms. The lowest BCUT2D eigenvalue weighted by Gasteiger charge is -2.10. The first kappa shape index (κ1) is 18.8. The molecule has 1 N–H and O–H groups in total. The van der Waals surface area contributed by atoms with Crippen LogP contribution >= 0.6 is 0 Å². The third-order valence-corrected chi connectivity index (χ3v) is 3.73. The van der Waals surface area contributed by atoms with Gasteiger partial charge in [-0.3, -0.25) is 0 Å². The molecule has 6 nitrogen and oxygen atoms in total. The van der Waals surface area contributed by atoms with Gasteiger partial charge in [-0.1, -0.05) is 0 Å². The Kier molecular flexibility index (Phi) is 5.97. The molecule has 1 heterocycles. The summed E-state index contributed by atoms with van der Waals surface area (Å²) in [6, 6.07) is 9.25. The van der Waals surface area contributed by atoms with Crippen molar-refractivity contribution in [3.8, 4) is 11.4 Å². The zero-order chi connectivity index (χ0) is 19.2. The molecular weight excluding hydrogens is 354 g/mol. The summed E-state index contributed by atoms with van der Waals surface area (Å²) >= 11 is 0. The fourth-order valence-corrected chi connectivity index (χ4v) is 2.50. The van der Waals surface area contributed by atoms with Gasteiger partial charge >= 0.3 is 0 Å². The highest BCUT2D eigenvalue weighted by molar-refractivity contribution is 5.57. The maximum atomic E-state index is 13.4. The number of anilines is 2. The minimum atomic E-state index is -0.938. The third kappa shape index (κ3) is 5.01. The number of halogens is 2. The number of nitrogens with one attached hydrogen (secondary N) is 1. The highest BCUT2D eigenvalue weighted by atomic mass is 19.2. The van der Waals surface area contributed by atoms with Gasteiger partial charge in [0.05, 0.1) is 12.3 Å². The summed E-state index contributed by atoms with van der Waals surface area (Å²) in [6.45, 7) is 3.16. The monoisotopic (exact) mass is 374 g/mol. The van der Waals surface area contributed by atoms with Gasteiger partial charge in [-0.15, -0.1) is 5.10 Å². The van der Waals surface area contributed by atoms with Crippen LogP contribution in [0, 0.1) is 18.6 Å². The highest BCUT2D eigenvalue weighted by Crippen LogP contribution is 2.23. The van der Waals surface area contributed by atoms with Crippen molar-refractivity contribution in [2.45, 2.75) is 13.3 Å². The van der Waals surface area contributed by atoms with Crippen LogP contribution in [-0.2, 0) is 4.74 Å². The number of aryl methyl sites for hydroxylation is 1. The Morgan fingerprint density at radius 3 is 2.70 bits per heavy atom. The van der Waals surface area contributed by atoms with E-state index in [0.717, 1.165) is 35.6 Å². The molecule has 0 aliphatic heterocycles. The minimum absolute atomic E-state index is 0.329. The van der Waals surface area contributed by atoms with E-state index in [2.05, 4.69) is 15.4 Å². The highest BCUT2D eigenvalue weighted by Gasteiger charge is 2.08. The van der Waals surface area contributed by atoms with Crippen LogP contribution in [0.4, 0.5) is 20.4 Å². The topological polar surface area (TPSA) is 61.2 Å². The summed E-state index contributed by atoms with van der Waals surface area (Å²) in [5.41, 5.74) is 2.16. The van der Waals surface area contributed by atoms with E-state index in [1.165, 1.54) is 17.1 Å². The van der Waals surface area contributed by atoms with Crippen molar-refractivity contribution in [2.75, 3.05) is 25.6 Å². The number of methoxy groups -OCH3 is 1. The van der Waals surface area contributed by atoms with E-state index >= 15 is 0 Å². The fourth-order valence-electron chi connectivity index (χ4n) is 2.50. The molecule has 3 rings (SSSR count). The van der Waals surface area contributed by atoms with Crippen LogP contribution in [0.1, 0.15) is 12.0 Å². The van der Waals surface area contributed by atoms with Crippen molar-refractivity contribution in [3.63, 3.8) is 0 Å². The van der Waals surface area contributed by atoms with Crippen LogP contribution in [0.3, 0.4) is 0 Å². The average molecular weight is 374 g/mol. The number of nitrogens with zero attached hydrogens (tertiary/aromatic N) is 3. The maximum Gasteiger partial charge on any atom is 0.246 e. The second-order valence-electron chi connectivity index (χ2n) is 5.97. The van der Waals surface area contributed by atoms with Gasteiger partial charge < -0.3 is 14.8 Å². The normalized spacial score (nSPS) is 10.8. The van der Waals surface area contributed by atoms with Crippen molar-refractivity contribution in [3.05, 3.63) is 59.9 Å². The Morgan fingerprint density at radius 2 is 1.93 bits per heavy atom. The molecule has 27 heavy (non-hydrogen) atoms. The standard InChI is InChI=1S/C19H20F2N4O2/c1-13-8-14(10-16(9-13)27-7-3-6-26-2)23-19-22-12-25(24-19)15-4-5-17(20)18(21)11-15/h4-5,8-12H,3,6-7H2,1-2H3,(H,23,24). The number of aromatic nitrogens is 3. The maximum absolute atomic E-state index is 13.4. The summed E-state index contributed by atoms with van der Waals surface area (Å²) < 4.78 is 38.5. The van der Waals surface area contributed by atoms with E-state index in [9.17, 15) is 8.78 Å². The van der Waals surface area contributed by atoms with Crippen LogP contribution in [0.15, 0.2) is 42.7 Å². The van der Waals surface area contributed by atoms with Crippen molar-refractivity contribution in [1.29, 1.82) is 0 Å². The Hall–Kier alpha value is -3.00. The van der Waals surface area contributed by atoms with Gasteiger partial charge in [0.15, 0.2) is 11.6 Å². The predicted molar refractivity (Wildman–Crippen MR) is 97.7 cm³/mol. The number of hydrogen-bond acceptors (Lipinski definition) is 5. The van der Waals surface area contributed by atoms with Gasteiger partial charge in [0.2, 0.25) is 5.95 Å². The van der Waals surface area contributed by atoms with Crippen LogP contribution in [0.5, 0.6) is 5.75 Å². The Balaban J connectivity index is 1.71. The lowest BCUT2D eigenvalue weighted by atomic mass is 10.2. The molecule has 0 radical (unpaired) electrons. The second-order valence-corrected chi connectivity index (χ2v) is 5.97. The van der Waals surface area contributed by atoms with Crippen LogP contribution in [0.25, 0.3) is 5.69 Å². The first-order valence-electron chi connectivity index (χ1n) is 8.42. The molecule has 0 atom stereocenters. The van der Waals surface area contributed by atoms with E-state index in [1.54, 1.807) is 7.11 Å². The molecule has 0 saturated carbocycles. The van der Waals surface area contributed by atoms with Gasteiger partial charge in [-0.05, 0) is 36.8 Å². The van der Waals surface area contributed by atoms with Gasteiger partial charge in [-0.2, -0.15) is 4.98 Å². The van der Waals surface area contributed by atoms with Gasteiger partial charge in [0, 0.05) is 38.0 Å². The molecule has 0 amide bonds. The van der Waals surface area contributed by atoms with E-state index in [0.29, 0.717) is 24.8 Å². The lowest BCUT2D eigenvalue weighted by Crippen LogP contribution is -2.02. The number of rotatable bonds is 8. The first-order valence-corrected chi connectivity index (χ1v) is 8.42. The quantitative estimate of drug-likeness (QED) is 0.604. The van der Waals surface area contributed by atoms with Crippen LogP contribution in [-0.4, -0.2) is 35.1 Å². The molecule has 0 saturated heterocycles. The average Bonchev–Trinajstić information content (AvgIpc) is 3.09. The molecule has 3 aromatic rings. The molecule has 0 aliphatic carbocycles. The number of benzene rings is 2. The Bertz CT molecular complexity index is 914. The molecule has 0 fully saturated rings. The van der Waals surface area contributed by atoms with E-state index < -0.39 is 11.6 Å². The van der Waals surface area contributed by atoms with Gasteiger partial charge in [0.25, 0.3) is 0 Å². The van der Waals surface area contributed by atoms with Crippen molar-refractivity contribution in [2.24, 2.45) is 0 Å². The SMILES string of the molecule is COCCCOc1cc(C)cc(Nc2ncn(-c3ccc(F)c(F)c3)n2)c1. The molecule has 1 aromatic heterocycles. The molecule has 0 bridgehead atoms. The van der Waals surface area contributed by atoms with Crippen LogP contribution < -0.4 is 10.1 Å². The lowest BCUT2D eigenvalue weighted by molar-refractivity contribution is 0.172. The van der Waals surface area contributed by atoms with Crippen molar-refractivity contribution >= 4 is 11.6 Å². The molecule has 0 spiro atoms. The molecule has 0 aliphatic rings. The number of hydrogen-bond donors (Lipinski definition) is 1. The van der Waals surface area contributed by atoms with E-state index in [4.69, 9.17) is 9.47 Å². The fraction of sp³-hybridized carbons (Fsp3) is 0.263. The summed E-state index contributed by atoms with van der Waals surface area (Å²) in [4.78, 5) is 4.15. The van der Waals surface area contributed by atoms with Crippen molar-refractivity contribution in [1.82, 2.24) is 14.8 Å². The summed E-state index contributed by atoms with van der Waals surface area (Å²) in [5, 5.41) is 7.33. The summed E-state index contributed by atoms with van der Waals surface area (Å²) in [7, 11) is 1.65. The molecule has 142 valence electrons. The summed E-state index contributed by atoms with van der Waals surface area (Å²) in [5.74, 6) is -0.786. The Morgan fingerprint density at radius 1 is 1.07 bits per heavy atom. The number of ether oxygens (including phenoxy) is 2. The van der Waals surface area contributed by atoms with Crippen molar-refractivity contribution < 1.29 is 18.3 Å². The minimum Gasteiger partial charge on any atom is -0.493 e. The van der Waals surface area contributed by atoms with E-state index in [1.807, 2.05) is 25.1 Å². The van der Waals surface area contributed by atoms with E-state index in [-0.39, 0.29) is 0 Å². The summed E-state index contributed by atoms with van der Waals surface area (Å²) in [6.07, 6.45) is 2.22. The smallest absolute Gasteiger partial charge is 0.246 e. The first-order chi connectivity index (χ1) is 13.0. The largest absolute Gasteiger partial charge is 0.493 e. The Labute approximate surface area is 155 Å². The van der Waals surface area contributed by atoms with Gasteiger partial charge in [-0.25, -0.2) is 13.5 Å². The van der Waals surface area contributed by atoms with Gasteiger partial charge in [0.1, 0.15) is 12.1 Å².